The van der Waals surface area contributed by atoms with Gasteiger partial charge in [-0.15, -0.1) is 0 Å². The second kappa shape index (κ2) is 46.5. The molecule has 0 heterocycles. The highest BCUT2D eigenvalue weighted by Crippen LogP contribution is 2.15. The second-order valence-corrected chi connectivity index (χ2v) is 15.1. The monoisotopic (exact) mass is 779 g/mol. The number of rotatable bonds is 41. The Morgan fingerprint density at radius 3 is 1.07 bits per heavy atom. The lowest BCUT2D eigenvalue weighted by molar-refractivity contribution is -0.161. The molecule has 0 aromatic rings. The number of carbonyl (C=O) groups excluding carboxylic acids is 2. The summed E-state index contributed by atoms with van der Waals surface area (Å²) < 4.78 is 10.6. The molecule has 1 N–H and O–H groups in total. The summed E-state index contributed by atoms with van der Waals surface area (Å²) in [5.74, 6) is -0.613. The van der Waals surface area contributed by atoms with E-state index in [1.807, 2.05) is 0 Å². The van der Waals surface area contributed by atoms with Gasteiger partial charge in [-0.2, -0.15) is 0 Å². The third-order valence-corrected chi connectivity index (χ3v) is 9.68. The minimum atomic E-state index is -0.783. The molecule has 0 aliphatic heterocycles. The maximum atomic E-state index is 12.2. The van der Waals surface area contributed by atoms with Crippen LogP contribution in [0.5, 0.6) is 0 Å². The Hall–Kier alpha value is -2.92. The van der Waals surface area contributed by atoms with E-state index in [1.165, 1.54) is 83.5 Å². The molecule has 56 heavy (non-hydrogen) atoms. The van der Waals surface area contributed by atoms with E-state index in [2.05, 4.69) is 98.9 Å². The smallest absolute Gasteiger partial charge is 0.306 e. The lowest BCUT2D eigenvalue weighted by atomic mass is 10.0. The quantitative estimate of drug-likeness (QED) is 0.0380. The molecule has 5 nitrogen and oxygen atoms in total. The van der Waals surface area contributed by atoms with Gasteiger partial charge >= 0.3 is 11.9 Å². The number of ether oxygens (including phenoxy) is 2. The molecule has 0 amide bonds. The lowest BCUT2D eigenvalue weighted by Crippen LogP contribution is -2.28. The number of hydrogen-bond acceptors (Lipinski definition) is 5. The van der Waals surface area contributed by atoms with E-state index < -0.39 is 6.10 Å². The number of aliphatic hydroxyl groups excluding tert-OH is 1. The predicted octanol–water partition coefficient (Wildman–Crippen LogP) is 15.1. The van der Waals surface area contributed by atoms with Gasteiger partial charge in [0, 0.05) is 12.8 Å². The molecule has 1 atom stereocenters. The van der Waals surface area contributed by atoms with Crippen molar-refractivity contribution in [3.8, 4) is 0 Å². The summed E-state index contributed by atoms with van der Waals surface area (Å²) in [5.41, 5.74) is 0. The molecule has 320 valence electrons. The number of aliphatic hydroxyl groups is 1. The van der Waals surface area contributed by atoms with Gasteiger partial charge in [0.2, 0.25) is 0 Å². The number of unbranched alkanes of at least 4 members (excludes halogenated alkanes) is 19. The van der Waals surface area contributed by atoms with Crippen LogP contribution in [0.15, 0.2) is 85.1 Å². The summed E-state index contributed by atoms with van der Waals surface area (Å²) in [4.78, 5) is 24.4. The number of esters is 2. The van der Waals surface area contributed by atoms with Gasteiger partial charge in [-0.3, -0.25) is 9.59 Å². The van der Waals surface area contributed by atoms with Crippen LogP contribution < -0.4 is 0 Å². The van der Waals surface area contributed by atoms with Crippen LogP contribution in [0.4, 0.5) is 0 Å². The molecule has 0 radical (unpaired) electrons. The topological polar surface area (TPSA) is 72.8 Å². The van der Waals surface area contributed by atoms with E-state index in [9.17, 15) is 14.7 Å². The van der Waals surface area contributed by atoms with Gasteiger partial charge in [-0.25, -0.2) is 0 Å². The van der Waals surface area contributed by atoms with Crippen molar-refractivity contribution in [1.29, 1.82) is 0 Å². The highest BCUT2D eigenvalue weighted by atomic mass is 16.6. The molecule has 0 spiro atoms. The number of carbonyl (C=O) groups is 2. The van der Waals surface area contributed by atoms with Gasteiger partial charge in [0.25, 0.3) is 0 Å². The summed E-state index contributed by atoms with van der Waals surface area (Å²) in [6.07, 6.45) is 63.8. The maximum Gasteiger partial charge on any atom is 0.306 e. The highest BCUT2D eigenvalue weighted by Gasteiger charge is 2.16. The molecule has 0 aromatic heterocycles. The van der Waals surface area contributed by atoms with Gasteiger partial charge in [0.05, 0.1) is 6.61 Å². The van der Waals surface area contributed by atoms with E-state index in [4.69, 9.17) is 9.47 Å². The number of allylic oxidation sites excluding steroid dienone is 14. The van der Waals surface area contributed by atoms with Gasteiger partial charge in [-0.05, 0) is 83.5 Å². The van der Waals surface area contributed by atoms with E-state index >= 15 is 0 Å². The summed E-state index contributed by atoms with van der Waals surface area (Å²) in [6.45, 7) is 3.90. The van der Waals surface area contributed by atoms with Gasteiger partial charge in [0.1, 0.15) is 6.61 Å². The molecule has 0 aromatic carbocycles. The molecule has 0 fully saturated rings. The van der Waals surface area contributed by atoms with Crippen LogP contribution in [0.25, 0.3) is 0 Å². The molecular weight excluding hydrogens is 693 g/mol. The average Bonchev–Trinajstić information content (AvgIpc) is 3.20. The molecular formula is C51H86O5. The Kier molecular flexibility index (Phi) is 44.0. The van der Waals surface area contributed by atoms with E-state index in [-0.39, 0.29) is 25.2 Å². The van der Waals surface area contributed by atoms with Crippen LogP contribution >= 0.6 is 0 Å². The Morgan fingerprint density at radius 1 is 0.411 bits per heavy atom. The Labute approximate surface area is 346 Å². The van der Waals surface area contributed by atoms with Gasteiger partial charge in [-0.1, -0.05) is 195 Å². The van der Waals surface area contributed by atoms with Crippen LogP contribution in [-0.4, -0.2) is 36.4 Å². The predicted molar refractivity (Wildman–Crippen MR) is 242 cm³/mol. The minimum absolute atomic E-state index is 0.0781. The van der Waals surface area contributed by atoms with Crippen molar-refractivity contribution < 1.29 is 24.2 Å². The first kappa shape index (κ1) is 53.1. The van der Waals surface area contributed by atoms with Gasteiger partial charge in [0.15, 0.2) is 6.10 Å². The largest absolute Gasteiger partial charge is 0.462 e. The summed E-state index contributed by atoms with van der Waals surface area (Å²) in [7, 11) is 0. The van der Waals surface area contributed by atoms with Crippen LogP contribution in [0.2, 0.25) is 0 Å². The maximum absolute atomic E-state index is 12.2. The SMILES string of the molecule is CC/C=C\C/C=C\C/C=C\C/C=C\CCCCCCCCCCCCCCCCC(=O)OC(CO)COC(=O)CCCCCCC/C=C\C/C=C\C/C=C\CC. The Morgan fingerprint density at radius 2 is 0.714 bits per heavy atom. The fourth-order valence-corrected chi connectivity index (χ4v) is 6.27. The van der Waals surface area contributed by atoms with Crippen molar-refractivity contribution in [2.45, 2.75) is 213 Å². The van der Waals surface area contributed by atoms with Crippen molar-refractivity contribution in [2.75, 3.05) is 13.2 Å². The molecule has 5 heteroatoms. The molecule has 0 saturated heterocycles. The van der Waals surface area contributed by atoms with Gasteiger partial charge < -0.3 is 14.6 Å². The molecule has 0 rings (SSSR count). The van der Waals surface area contributed by atoms with Crippen molar-refractivity contribution in [1.82, 2.24) is 0 Å². The third-order valence-electron chi connectivity index (χ3n) is 9.68. The first-order valence-corrected chi connectivity index (χ1v) is 23.1. The standard InChI is InChI=1S/C51H86O5/c1-3-5-7-9-11-13-15-17-19-20-21-22-23-24-25-26-27-28-29-30-32-34-36-38-40-42-44-46-51(54)56-49(47-52)48-55-50(53)45-43-41-39-37-35-33-31-18-16-14-12-10-8-6-4-2/h5-8,11-14,17-19,21-22,31,49,52H,3-4,9-10,15-16,20,23-30,32-48H2,1-2H3/b7-5-,8-6-,13-11-,14-12-,19-17-,22-21-,31-18-. The Balaban J connectivity index is 3.53. The van der Waals surface area contributed by atoms with E-state index in [1.54, 1.807) is 0 Å². The molecule has 0 saturated carbocycles. The van der Waals surface area contributed by atoms with E-state index in [0.717, 1.165) is 96.3 Å². The number of hydrogen-bond donors (Lipinski definition) is 1. The summed E-state index contributed by atoms with van der Waals surface area (Å²) in [5, 5.41) is 9.59. The first-order valence-electron chi connectivity index (χ1n) is 23.1. The minimum Gasteiger partial charge on any atom is -0.462 e. The molecule has 0 aliphatic rings. The van der Waals surface area contributed by atoms with Crippen LogP contribution in [0, 0.1) is 0 Å². The zero-order chi connectivity index (χ0) is 40.7. The second-order valence-electron chi connectivity index (χ2n) is 15.1. The van der Waals surface area contributed by atoms with Crippen molar-refractivity contribution in [2.24, 2.45) is 0 Å². The zero-order valence-electron chi connectivity index (χ0n) is 36.4. The highest BCUT2D eigenvalue weighted by molar-refractivity contribution is 5.70. The van der Waals surface area contributed by atoms with Crippen molar-refractivity contribution in [3.63, 3.8) is 0 Å². The fourth-order valence-electron chi connectivity index (χ4n) is 6.27. The molecule has 1 unspecified atom stereocenters. The van der Waals surface area contributed by atoms with Crippen molar-refractivity contribution >= 4 is 11.9 Å². The normalized spacial score (nSPS) is 13.0. The lowest BCUT2D eigenvalue weighted by Gasteiger charge is -2.15. The fraction of sp³-hybridized carbons (Fsp3) is 0.686. The van der Waals surface area contributed by atoms with E-state index in [0.29, 0.717) is 12.8 Å². The summed E-state index contributed by atoms with van der Waals surface area (Å²) in [6, 6.07) is 0. The zero-order valence-corrected chi connectivity index (χ0v) is 36.4. The van der Waals surface area contributed by atoms with Crippen molar-refractivity contribution in [3.05, 3.63) is 85.1 Å². The summed E-state index contributed by atoms with van der Waals surface area (Å²) >= 11 is 0. The van der Waals surface area contributed by atoms with Crippen LogP contribution in [0.3, 0.4) is 0 Å². The first-order chi connectivity index (χ1) is 27.6. The molecule has 0 bridgehead atoms. The Bertz CT molecular complexity index is 1060. The van der Waals surface area contributed by atoms with Crippen LogP contribution in [0.1, 0.15) is 206 Å². The third kappa shape index (κ3) is 43.8. The average molecular weight is 779 g/mol. The molecule has 0 aliphatic carbocycles. The van der Waals surface area contributed by atoms with Crippen LogP contribution in [-0.2, 0) is 19.1 Å².